The van der Waals surface area contributed by atoms with Crippen LogP contribution in [0.4, 0.5) is 11.4 Å². The van der Waals surface area contributed by atoms with E-state index in [4.69, 9.17) is 0 Å². The van der Waals surface area contributed by atoms with Gasteiger partial charge in [0.1, 0.15) is 5.69 Å². The van der Waals surface area contributed by atoms with E-state index in [-0.39, 0.29) is 17.6 Å². The molecule has 0 aromatic heterocycles. The van der Waals surface area contributed by atoms with Gasteiger partial charge in [-0.1, -0.05) is 12.2 Å². The summed E-state index contributed by atoms with van der Waals surface area (Å²) in [4.78, 5) is 22.4. The number of nitro groups is 1. The molecule has 0 bridgehead atoms. The number of carbonyl (C=O) groups is 1. The molecule has 0 spiro atoms. The minimum atomic E-state index is -0.465. The Kier molecular flexibility index (Phi) is 4.34. The molecule has 0 radical (unpaired) electrons. The predicted molar refractivity (Wildman–Crippen MR) is 76.9 cm³/mol. The molecule has 106 valence electrons. The summed E-state index contributed by atoms with van der Waals surface area (Å²) in [5.41, 5.74) is 0.686. The van der Waals surface area contributed by atoms with Gasteiger partial charge in [-0.15, -0.1) is 0 Å². The van der Waals surface area contributed by atoms with E-state index in [1.54, 1.807) is 19.1 Å². The monoisotopic (exact) mass is 275 g/mol. The summed E-state index contributed by atoms with van der Waals surface area (Å²) in [7, 11) is 0. The molecule has 0 unspecified atom stereocenters. The Morgan fingerprint density at radius 3 is 2.70 bits per heavy atom. The molecular weight excluding hydrogens is 258 g/mol. The lowest BCUT2D eigenvalue weighted by Crippen LogP contribution is -2.23. The standard InChI is InChI=1S/C14H17N3O3/c1-2-15-14(18)10-7-8-12(13(9-10)17(19)20)16-11-5-3-4-6-11/h3-4,7-9,11,16H,2,5-6H2,1H3,(H,15,18). The Morgan fingerprint density at radius 1 is 1.40 bits per heavy atom. The molecule has 1 aromatic rings. The zero-order chi connectivity index (χ0) is 14.5. The first-order chi connectivity index (χ1) is 9.61. The molecule has 6 nitrogen and oxygen atoms in total. The SMILES string of the molecule is CCNC(=O)c1ccc(NC2CC=CC2)c([N+](=O)[O-])c1. The quantitative estimate of drug-likeness (QED) is 0.491. The van der Waals surface area contributed by atoms with Gasteiger partial charge in [-0.25, -0.2) is 0 Å². The van der Waals surface area contributed by atoms with Crippen molar-refractivity contribution < 1.29 is 9.72 Å². The Labute approximate surface area is 117 Å². The molecule has 6 heteroatoms. The van der Waals surface area contributed by atoms with Gasteiger partial charge in [-0.3, -0.25) is 14.9 Å². The molecule has 0 heterocycles. The van der Waals surface area contributed by atoms with Gasteiger partial charge in [-0.2, -0.15) is 0 Å². The smallest absolute Gasteiger partial charge is 0.293 e. The van der Waals surface area contributed by atoms with E-state index in [9.17, 15) is 14.9 Å². The molecule has 2 N–H and O–H groups in total. The first-order valence-corrected chi connectivity index (χ1v) is 6.60. The third-order valence-electron chi connectivity index (χ3n) is 3.16. The van der Waals surface area contributed by atoms with Crippen molar-refractivity contribution in [3.8, 4) is 0 Å². The van der Waals surface area contributed by atoms with Crippen LogP contribution in [0, 0.1) is 10.1 Å². The van der Waals surface area contributed by atoms with Gasteiger partial charge in [0.25, 0.3) is 11.6 Å². The van der Waals surface area contributed by atoms with Crippen LogP contribution < -0.4 is 10.6 Å². The lowest BCUT2D eigenvalue weighted by Gasteiger charge is -2.14. The molecule has 2 rings (SSSR count). The molecular formula is C14H17N3O3. The van der Waals surface area contributed by atoms with Crippen LogP contribution in [0.2, 0.25) is 0 Å². The van der Waals surface area contributed by atoms with E-state index < -0.39 is 4.92 Å². The van der Waals surface area contributed by atoms with E-state index >= 15 is 0 Å². The number of nitro benzene ring substituents is 1. The van der Waals surface area contributed by atoms with E-state index in [2.05, 4.69) is 10.6 Å². The van der Waals surface area contributed by atoms with Crippen LogP contribution in [0.3, 0.4) is 0 Å². The normalized spacial score (nSPS) is 14.2. The number of carbonyl (C=O) groups excluding carboxylic acids is 1. The van der Waals surface area contributed by atoms with Crippen LogP contribution in [-0.2, 0) is 0 Å². The number of benzene rings is 1. The third kappa shape index (κ3) is 3.14. The van der Waals surface area contributed by atoms with Crippen molar-refractivity contribution in [2.45, 2.75) is 25.8 Å². The van der Waals surface area contributed by atoms with Gasteiger partial charge < -0.3 is 10.6 Å². The second-order valence-corrected chi connectivity index (χ2v) is 4.63. The van der Waals surface area contributed by atoms with Gasteiger partial charge in [0.15, 0.2) is 0 Å². The number of amides is 1. The first-order valence-electron chi connectivity index (χ1n) is 6.60. The summed E-state index contributed by atoms with van der Waals surface area (Å²) in [6.45, 7) is 2.29. The van der Waals surface area contributed by atoms with Crippen molar-refractivity contribution in [2.75, 3.05) is 11.9 Å². The fourth-order valence-electron chi connectivity index (χ4n) is 2.16. The lowest BCUT2D eigenvalue weighted by atomic mass is 10.1. The van der Waals surface area contributed by atoms with E-state index in [0.29, 0.717) is 17.8 Å². The average molecular weight is 275 g/mol. The highest BCUT2D eigenvalue weighted by atomic mass is 16.6. The summed E-state index contributed by atoms with van der Waals surface area (Å²) in [6.07, 6.45) is 5.81. The molecule has 0 aliphatic heterocycles. The molecule has 1 aliphatic rings. The Balaban J connectivity index is 2.23. The van der Waals surface area contributed by atoms with Gasteiger partial charge in [0, 0.05) is 24.2 Å². The van der Waals surface area contributed by atoms with Crippen molar-refractivity contribution >= 4 is 17.3 Å². The van der Waals surface area contributed by atoms with Gasteiger partial charge in [0.05, 0.1) is 4.92 Å². The Bertz CT molecular complexity index is 547. The van der Waals surface area contributed by atoms with Crippen molar-refractivity contribution in [3.05, 3.63) is 46.0 Å². The number of anilines is 1. The summed E-state index contributed by atoms with van der Waals surface area (Å²) < 4.78 is 0. The van der Waals surface area contributed by atoms with Crippen LogP contribution in [0.15, 0.2) is 30.4 Å². The van der Waals surface area contributed by atoms with Crippen molar-refractivity contribution in [1.82, 2.24) is 5.32 Å². The maximum Gasteiger partial charge on any atom is 0.293 e. The summed E-state index contributed by atoms with van der Waals surface area (Å²) in [6, 6.07) is 4.70. The molecule has 0 fully saturated rings. The van der Waals surface area contributed by atoms with Crippen molar-refractivity contribution in [2.24, 2.45) is 0 Å². The highest BCUT2D eigenvalue weighted by Gasteiger charge is 2.20. The maximum absolute atomic E-state index is 11.7. The maximum atomic E-state index is 11.7. The lowest BCUT2D eigenvalue weighted by molar-refractivity contribution is -0.384. The number of hydrogen-bond donors (Lipinski definition) is 2. The Hall–Kier alpha value is -2.37. The topological polar surface area (TPSA) is 84.3 Å². The van der Waals surface area contributed by atoms with Gasteiger partial charge >= 0.3 is 0 Å². The Morgan fingerprint density at radius 2 is 2.10 bits per heavy atom. The van der Waals surface area contributed by atoms with E-state index in [1.807, 2.05) is 12.2 Å². The number of hydrogen-bond acceptors (Lipinski definition) is 4. The van der Waals surface area contributed by atoms with E-state index in [1.165, 1.54) is 6.07 Å². The van der Waals surface area contributed by atoms with Crippen LogP contribution in [0.25, 0.3) is 0 Å². The zero-order valence-electron chi connectivity index (χ0n) is 11.3. The molecule has 0 atom stereocenters. The van der Waals surface area contributed by atoms with Crippen LogP contribution in [-0.4, -0.2) is 23.4 Å². The van der Waals surface area contributed by atoms with Crippen LogP contribution in [0.1, 0.15) is 30.1 Å². The van der Waals surface area contributed by atoms with Crippen LogP contribution in [0.5, 0.6) is 0 Å². The molecule has 20 heavy (non-hydrogen) atoms. The summed E-state index contributed by atoms with van der Waals surface area (Å²) in [5, 5.41) is 16.9. The molecule has 0 saturated carbocycles. The minimum absolute atomic E-state index is 0.0688. The number of nitrogens with one attached hydrogen (secondary N) is 2. The van der Waals surface area contributed by atoms with Gasteiger partial charge in [0.2, 0.25) is 0 Å². The van der Waals surface area contributed by atoms with E-state index in [0.717, 1.165) is 12.8 Å². The summed E-state index contributed by atoms with van der Waals surface area (Å²) >= 11 is 0. The number of nitrogens with zero attached hydrogens (tertiary/aromatic N) is 1. The highest BCUT2D eigenvalue weighted by Crippen LogP contribution is 2.28. The molecule has 1 aliphatic carbocycles. The second kappa shape index (κ2) is 6.18. The highest BCUT2D eigenvalue weighted by molar-refractivity contribution is 5.95. The van der Waals surface area contributed by atoms with Crippen molar-refractivity contribution in [1.29, 1.82) is 0 Å². The summed E-state index contributed by atoms with van der Waals surface area (Å²) in [5.74, 6) is -0.301. The fraction of sp³-hybridized carbons (Fsp3) is 0.357. The molecule has 1 aromatic carbocycles. The van der Waals surface area contributed by atoms with Crippen molar-refractivity contribution in [3.63, 3.8) is 0 Å². The zero-order valence-corrected chi connectivity index (χ0v) is 11.3. The molecule has 1 amide bonds. The predicted octanol–water partition coefficient (Wildman–Crippen LogP) is 2.48. The first kappa shape index (κ1) is 14.0. The largest absolute Gasteiger partial charge is 0.376 e. The van der Waals surface area contributed by atoms with Gasteiger partial charge in [-0.05, 0) is 31.9 Å². The number of rotatable bonds is 5. The second-order valence-electron chi connectivity index (χ2n) is 4.63. The minimum Gasteiger partial charge on any atom is -0.376 e. The molecule has 0 saturated heterocycles. The third-order valence-corrected chi connectivity index (χ3v) is 3.16. The van der Waals surface area contributed by atoms with Crippen LogP contribution >= 0.6 is 0 Å². The fourth-order valence-corrected chi connectivity index (χ4v) is 2.16. The average Bonchev–Trinajstić information content (AvgIpc) is 2.92.